The highest BCUT2D eigenvalue weighted by Gasteiger charge is 2.42. The number of hydrogen-bond acceptors (Lipinski definition) is 6. The van der Waals surface area contributed by atoms with Gasteiger partial charge in [-0.25, -0.2) is 9.59 Å². The normalized spacial score (nSPS) is 18.6. The van der Waals surface area contributed by atoms with Crippen LogP contribution in [-0.2, 0) is 20.7 Å². The van der Waals surface area contributed by atoms with Gasteiger partial charge in [-0.3, -0.25) is 0 Å². The maximum atomic E-state index is 12.8. The first-order valence-corrected chi connectivity index (χ1v) is 11.0. The van der Waals surface area contributed by atoms with Crippen LogP contribution in [0.3, 0.4) is 0 Å². The Hall–Kier alpha value is -3.49. The lowest BCUT2D eigenvalue weighted by Crippen LogP contribution is -2.31. The van der Waals surface area contributed by atoms with E-state index in [2.05, 4.69) is 0 Å². The van der Waals surface area contributed by atoms with E-state index in [1.807, 2.05) is 0 Å². The number of anilines is 2. The SMILES string of the molecule is Nc1ccc(CCOC(=O)C=Cc2ccc(C(=O)OC3CCC(C(F)(F)F)CC3)cc2)c(N)c1. The molecule has 1 aliphatic carbocycles. The minimum atomic E-state index is -4.20. The summed E-state index contributed by atoms with van der Waals surface area (Å²) in [6.45, 7) is 0.160. The van der Waals surface area contributed by atoms with E-state index in [1.165, 1.54) is 6.08 Å². The third-order valence-corrected chi connectivity index (χ3v) is 5.75. The Morgan fingerprint density at radius 2 is 1.68 bits per heavy atom. The highest BCUT2D eigenvalue weighted by atomic mass is 19.4. The van der Waals surface area contributed by atoms with Crippen molar-refractivity contribution in [2.45, 2.75) is 44.4 Å². The van der Waals surface area contributed by atoms with Crippen LogP contribution in [0.5, 0.6) is 0 Å². The number of hydrogen-bond donors (Lipinski definition) is 2. The quantitative estimate of drug-likeness (QED) is 0.334. The lowest BCUT2D eigenvalue weighted by Gasteiger charge is -2.29. The lowest BCUT2D eigenvalue weighted by atomic mass is 9.87. The molecule has 0 spiro atoms. The summed E-state index contributed by atoms with van der Waals surface area (Å²) >= 11 is 0. The Bertz CT molecular complexity index is 1030. The van der Waals surface area contributed by atoms with E-state index in [9.17, 15) is 22.8 Å². The summed E-state index contributed by atoms with van der Waals surface area (Å²) < 4.78 is 48.8. The number of carbonyl (C=O) groups excluding carboxylic acids is 2. The number of carbonyl (C=O) groups is 2. The molecule has 0 atom stereocenters. The fourth-order valence-electron chi connectivity index (χ4n) is 3.77. The smallest absolute Gasteiger partial charge is 0.391 e. The van der Waals surface area contributed by atoms with Crippen LogP contribution in [0.4, 0.5) is 24.5 Å². The molecule has 4 N–H and O–H groups in total. The van der Waals surface area contributed by atoms with Crippen LogP contribution in [0.2, 0.25) is 0 Å². The van der Waals surface area contributed by atoms with Gasteiger partial charge in [-0.1, -0.05) is 18.2 Å². The van der Waals surface area contributed by atoms with E-state index in [0.717, 1.165) is 5.56 Å². The summed E-state index contributed by atoms with van der Waals surface area (Å²) in [5, 5.41) is 0. The van der Waals surface area contributed by atoms with Gasteiger partial charge in [0.15, 0.2) is 0 Å². The molecule has 2 aromatic carbocycles. The monoisotopic (exact) mass is 476 g/mol. The molecule has 9 heteroatoms. The van der Waals surface area contributed by atoms with Crippen LogP contribution in [0, 0.1) is 5.92 Å². The van der Waals surface area contributed by atoms with Crippen molar-refractivity contribution in [3.8, 4) is 0 Å². The second kappa shape index (κ2) is 11.1. The number of ether oxygens (including phenoxy) is 2. The number of nitrogens with two attached hydrogens (primary N) is 2. The van der Waals surface area contributed by atoms with Crippen molar-refractivity contribution >= 4 is 29.4 Å². The van der Waals surface area contributed by atoms with E-state index < -0.39 is 30.1 Å². The van der Waals surface area contributed by atoms with Crippen molar-refractivity contribution in [3.05, 3.63) is 65.2 Å². The third kappa shape index (κ3) is 7.26. The van der Waals surface area contributed by atoms with Crippen LogP contribution in [-0.4, -0.2) is 30.8 Å². The summed E-state index contributed by atoms with van der Waals surface area (Å²) in [6.07, 6.45) is -1.09. The van der Waals surface area contributed by atoms with Gasteiger partial charge in [-0.15, -0.1) is 0 Å². The zero-order valence-electron chi connectivity index (χ0n) is 18.5. The van der Waals surface area contributed by atoms with E-state index in [1.54, 1.807) is 48.5 Å². The Balaban J connectivity index is 1.43. The zero-order chi connectivity index (χ0) is 24.7. The molecule has 0 bridgehead atoms. The predicted molar refractivity (Wildman–Crippen MR) is 123 cm³/mol. The minimum absolute atomic E-state index is 0.0331. The molecule has 0 saturated heterocycles. The highest BCUT2D eigenvalue weighted by Crippen LogP contribution is 2.38. The number of halogens is 3. The Morgan fingerprint density at radius 1 is 1.00 bits per heavy atom. The zero-order valence-corrected chi connectivity index (χ0v) is 18.5. The van der Waals surface area contributed by atoms with E-state index in [0.29, 0.717) is 28.9 Å². The molecular weight excluding hydrogens is 449 g/mol. The second-order valence-corrected chi connectivity index (χ2v) is 8.25. The Kier molecular flexibility index (Phi) is 8.20. The fraction of sp³-hybridized carbons (Fsp3) is 0.360. The first-order chi connectivity index (χ1) is 16.1. The van der Waals surface area contributed by atoms with Crippen molar-refractivity contribution < 1.29 is 32.2 Å². The van der Waals surface area contributed by atoms with Crippen LogP contribution < -0.4 is 11.5 Å². The molecule has 3 rings (SSSR count). The van der Waals surface area contributed by atoms with Crippen molar-refractivity contribution in [1.29, 1.82) is 0 Å². The lowest BCUT2D eigenvalue weighted by molar-refractivity contribution is -0.185. The van der Waals surface area contributed by atoms with Crippen molar-refractivity contribution in [3.63, 3.8) is 0 Å². The summed E-state index contributed by atoms with van der Waals surface area (Å²) in [5.74, 6) is -2.42. The number of esters is 2. The van der Waals surface area contributed by atoms with E-state index in [4.69, 9.17) is 20.9 Å². The first-order valence-electron chi connectivity index (χ1n) is 11.0. The van der Waals surface area contributed by atoms with E-state index in [-0.39, 0.29) is 32.3 Å². The molecule has 0 amide bonds. The summed E-state index contributed by atoms with van der Waals surface area (Å²) in [5.41, 5.74) is 14.4. The third-order valence-electron chi connectivity index (χ3n) is 5.75. The van der Waals surface area contributed by atoms with Gasteiger partial charge in [0.1, 0.15) is 6.10 Å². The molecule has 0 unspecified atom stereocenters. The van der Waals surface area contributed by atoms with Crippen LogP contribution in [0.25, 0.3) is 6.08 Å². The average molecular weight is 476 g/mol. The summed E-state index contributed by atoms with van der Waals surface area (Å²) in [7, 11) is 0. The molecule has 34 heavy (non-hydrogen) atoms. The molecule has 0 heterocycles. The van der Waals surface area contributed by atoms with Gasteiger partial charge < -0.3 is 20.9 Å². The van der Waals surface area contributed by atoms with Gasteiger partial charge in [0, 0.05) is 23.9 Å². The summed E-state index contributed by atoms with van der Waals surface area (Å²) in [6, 6.07) is 11.5. The molecule has 182 valence electrons. The second-order valence-electron chi connectivity index (χ2n) is 8.25. The van der Waals surface area contributed by atoms with Gasteiger partial charge in [0.25, 0.3) is 0 Å². The van der Waals surface area contributed by atoms with Crippen LogP contribution in [0.15, 0.2) is 48.5 Å². The minimum Gasteiger partial charge on any atom is -0.462 e. The molecule has 0 radical (unpaired) electrons. The molecule has 1 fully saturated rings. The van der Waals surface area contributed by atoms with Gasteiger partial charge in [-0.2, -0.15) is 13.2 Å². The fourth-order valence-corrected chi connectivity index (χ4v) is 3.77. The molecule has 1 saturated carbocycles. The first kappa shape index (κ1) is 25.1. The van der Waals surface area contributed by atoms with Crippen molar-refractivity contribution in [1.82, 2.24) is 0 Å². The standard InChI is InChI=1S/C25H27F3N2O4/c26-25(27,28)19-7-10-21(11-8-19)34-24(32)18-4-1-16(2-5-18)3-12-23(31)33-14-13-17-6-9-20(29)15-22(17)30/h1-6,9,12,15,19,21H,7-8,10-11,13-14,29-30H2. The topological polar surface area (TPSA) is 105 Å². The van der Waals surface area contributed by atoms with Crippen molar-refractivity contribution in [2.75, 3.05) is 18.1 Å². The van der Waals surface area contributed by atoms with Crippen molar-refractivity contribution in [2.24, 2.45) is 5.92 Å². The molecule has 0 aliphatic heterocycles. The van der Waals surface area contributed by atoms with Crippen LogP contribution >= 0.6 is 0 Å². The molecule has 6 nitrogen and oxygen atoms in total. The number of benzene rings is 2. The van der Waals surface area contributed by atoms with Gasteiger partial charge in [0.2, 0.25) is 0 Å². The number of nitrogen functional groups attached to an aromatic ring is 2. The molecule has 2 aromatic rings. The largest absolute Gasteiger partial charge is 0.462 e. The maximum absolute atomic E-state index is 12.8. The maximum Gasteiger partial charge on any atom is 0.391 e. The molecule has 0 aromatic heterocycles. The Labute approximate surface area is 195 Å². The predicted octanol–water partition coefficient (Wildman–Crippen LogP) is 4.93. The average Bonchev–Trinajstić information content (AvgIpc) is 2.79. The van der Waals surface area contributed by atoms with Gasteiger partial charge in [-0.05, 0) is 67.2 Å². The van der Waals surface area contributed by atoms with E-state index >= 15 is 0 Å². The van der Waals surface area contributed by atoms with Gasteiger partial charge >= 0.3 is 18.1 Å². The van der Waals surface area contributed by atoms with Gasteiger partial charge in [0.05, 0.1) is 18.1 Å². The summed E-state index contributed by atoms with van der Waals surface area (Å²) in [4.78, 5) is 24.2. The highest BCUT2D eigenvalue weighted by molar-refractivity contribution is 5.90. The Morgan fingerprint density at radius 3 is 2.29 bits per heavy atom. The number of rotatable bonds is 7. The molecule has 1 aliphatic rings. The number of alkyl halides is 3. The molecular formula is C25H27F3N2O4. The van der Waals surface area contributed by atoms with Crippen LogP contribution in [0.1, 0.15) is 47.2 Å².